The van der Waals surface area contributed by atoms with Crippen molar-refractivity contribution >= 4 is 28.8 Å². The molecule has 5 nitrogen and oxygen atoms in total. The van der Waals surface area contributed by atoms with Crippen LogP contribution >= 0.6 is 11.3 Å². The molecule has 1 aliphatic rings. The second-order valence-electron chi connectivity index (χ2n) is 7.09. The van der Waals surface area contributed by atoms with Crippen LogP contribution in [0.3, 0.4) is 0 Å². The molecule has 1 fully saturated rings. The third kappa shape index (κ3) is 3.97. The quantitative estimate of drug-likeness (QED) is 0.669. The number of thiophene rings is 1. The van der Waals surface area contributed by atoms with E-state index >= 15 is 0 Å². The van der Waals surface area contributed by atoms with Gasteiger partial charge in [0, 0.05) is 40.1 Å². The van der Waals surface area contributed by atoms with Crippen molar-refractivity contribution in [2.24, 2.45) is 0 Å². The first-order valence-corrected chi connectivity index (χ1v) is 10.1. The normalized spacial score (nSPS) is 13.2. The lowest BCUT2D eigenvalue weighted by molar-refractivity contribution is 0.0949. The molecule has 3 aromatic rings. The van der Waals surface area contributed by atoms with Crippen LogP contribution in [0.2, 0.25) is 0 Å². The fourth-order valence-electron chi connectivity index (χ4n) is 2.90. The Kier molecular flexibility index (Phi) is 4.96. The lowest BCUT2D eigenvalue weighted by Crippen LogP contribution is -2.25. The van der Waals surface area contributed by atoms with Crippen molar-refractivity contribution in [2.75, 3.05) is 5.32 Å². The summed E-state index contributed by atoms with van der Waals surface area (Å²) in [4.78, 5) is 30.8. The lowest BCUT2D eigenvalue weighted by atomic mass is 10.1. The van der Waals surface area contributed by atoms with Gasteiger partial charge in [-0.05, 0) is 68.1 Å². The van der Waals surface area contributed by atoms with Crippen LogP contribution in [0, 0.1) is 13.8 Å². The number of carbonyl (C=O) groups is 2. The molecule has 0 atom stereocenters. The van der Waals surface area contributed by atoms with E-state index in [4.69, 9.17) is 0 Å². The van der Waals surface area contributed by atoms with Crippen molar-refractivity contribution in [3.8, 4) is 10.4 Å². The number of aromatic nitrogens is 1. The number of amides is 2. The summed E-state index contributed by atoms with van der Waals surface area (Å²) < 4.78 is 0. The third-order valence-corrected chi connectivity index (χ3v) is 5.91. The van der Waals surface area contributed by atoms with Gasteiger partial charge in [0.1, 0.15) is 0 Å². The van der Waals surface area contributed by atoms with E-state index in [9.17, 15) is 9.59 Å². The average molecular weight is 391 g/mol. The van der Waals surface area contributed by atoms with Crippen molar-refractivity contribution in [3.05, 3.63) is 70.4 Å². The molecule has 142 valence electrons. The minimum absolute atomic E-state index is 0.0940. The van der Waals surface area contributed by atoms with Crippen molar-refractivity contribution < 1.29 is 9.59 Å². The van der Waals surface area contributed by atoms with E-state index in [2.05, 4.69) is 15.6 Å². The molecule has 2 amide bonds. The van der Waals surface area contributed by atoms with Gasteiger partial charge in [-0.3, -0.25) is 14.6 Å². The molecular formula is C22H21N3O2S. The Morgan fingerprint density at radius 2 is 1.86 bits per heavy atom. The molecule has 0 spiro atoms. The van der Waals surface area contributed by atoms with Gasteiger partial charge in [0.15, 0.2) is 0 Å². The molecule has 0 saturated heterocycles. The van der Waals surface area contributed by atoms with E-state index in [1.807, 2.05) is 44.3 Å². The van der Waals surface area contributed by atoms with Gasteiger partial charge in [0.05, 0.1) is 4.88 Å². The van der Waals surface area contributed by atoms with Gasteiger partial charge in [-0.2, -0.15) is 0 Å². The molecule has 1 aromatic carbocycles. The van der Waals surface area contributed by atoms with Crippen molar-refractivity contribution in [2.45, 2.75) is 32.7 Å². The molecule has 0 bridgehead atoms. The number of hydrogen-bond acceptors (Lipinski definition) is 4. The highest BCUT2D eigenvalue weighted by molar-refractivity contribution is 7.17. The molecule has 28 heavy (non-hydrogen) atoms. The second kappa shape index (κ2) is 7.56. The molecule has 2 heterocycles. The SMILES string of the molecule is Cc1ccc(C(=O)NC2CC2)cc1NC(=O)c1ccc(-c2cnccc2C)s1. The lowest BCUT2D eigenvalue weighted by Gasteiger charge is -2.10. The summed E-state index contributed by atoms with van der Waals surface area (Å²) in [5.41, 5.74) is 4.28. The average Bonchev–Trinajstić information content (AvgIpc) is 3.36. The predicted molar refractivity (Wildman–Crippen MR) is 112 cm³/mol. The molecule has 2 N–H and O–H groups in total. The van der Waals surface area contributed by atoms with Gasteiger partial charge in [-0.1, -0.05) is 6.07 Å². The number of benzene rings is 1. The summed E-state index contributed by atoms with van der Waals surface area (Å²) in [6.07, 6.45) is 5.65. The summed E-state index contributed by atoms with van der Waals surface area (Å²) in [6.45, 7) is 3.94. The van der Waals surface area contributed by atoms with E-state index in [0.717, 1.165) is 34.4 Å². The summed E-state index contributed by atoms with van der Waals surface area (Å²) >= 11 is 1.43. The highest BCUT2D eigenvalue weighted by atomic mass is 32.1. The maximum atomic E-state index is 12.7. The van der Waals surface area contributed by atoms with Gasteiger partial charge in [-0.25, -0.2) is 0 Å². The largest absolute Gasteiger partial charge is 0.349 e. The number of carbonyl (C=O) groups excluding carboxylic acids is 2. The van der Waals surface area contributed by atoms with Crippen molar-refractivity contribution in [1.82, 2.24) is 10.3 Å². The minimum Gasteiger partial charge on any atom is -0.349 e. The predicted octanol–water partition coefficient (Wildman–Crippen LogP) is 4.57. The van der Waals surface area contributed by atoms with Crippen LogP contribution in [0.25, 0.3) is 10.4 Å². The first-order chi connectivity index (χ1) is 13.5. The molecule has 4 rings (SSSR count). The van der Waals surface area contributed by atoms with Crippen LogP contribution in [-0.2, 0) is 0 Å². The van der Waals surface area contributed by atoms with E-state index in [1.165, 1.54) is 11.3 Å². The molecule has 1 saturated carbocycles. The van der Waals surface area contributed by atoms with E-state index in [0.29, 0.717) is 22.2 Å². The number of nitrogens with zero attached hydrogens (tertiary/aromatic N) is 1. The summed E-state index contributed by atoms with van der Waals surface area (Å²) in [6, 6.07) is 11.4. The van der Waals surface area contributed by atoms with Crippen LogP contribution < -0.4 is 10.6 Å². The fourth-order valence-corrected chi connectivity index (χ4v) is 3.88. The Balaban J connectivity index is 1.52. The van der Waals surface area contributed by atoms with Crippen LogP contribution in [0.1, 0.15) is 44.0 Å². The highest BCUT2D eigenvalue weighted by Crippen LogP contribution is 2.30. The Morgan fingerprint density at radius 3 is 2.61 bits per heavy atom. The number of hydrogen-bond donors (Lipinski definition) is 2. The molecular weight excluding hydrogens is 370 g/mol. The molecule has 0 aliphatic heterocycles. The Hall–Kier alpha value is -2.99. The van der Waals surface area contributed by atoms with Crippen LogP contribution in [0.5, 0.6) is 0 Å². The van der Waals surface area contributed by atoms with Gasteiger partial charge >= 0.3 is 0 Å². The third-order valence-electron chi connectivity index (χ3n) is 4.79. The zero-order valence-corrected chi connectivity index (χ0v) is 16.6. The number of rotatable bonds is 5. The maximum Gasteiger partial charge on any atom is 0.265 e. The Morgan fingerprint density at radius 1 is 1.04 bits per heavy atom. The van der Waals surface area contributed by atoms with Gasteiger partial charge in [-0.15, -0.1) is 11.3 Å². The molecule has 1 aliphatic carbocycles. The van der Waals surface area contributed by atoms with Gasteiger partial charge in [0.2, 0.25) is 0 Å². The van der Waals surface area contributed by atoms with Crippen LogP contribution in [0.4, 0.5) is 5.69 Å². The Labute approximate surface area is 167 Å². The molecule has 0 radical (unpaired) electrons. The number of nitrogens with one attached hydrogen (secondary N) is 2. The first kappa shape index (κ1) is 18.4. The smallest absolute Gasteiger partial charge is 0.265 e. The number of anilines is 1. The van der Waals surface area contributed by atoms with Crippen LogP contribution in [0.15, 0.2) is 48.8 Å². The fraction of sp³-hybridized carbons (Fsp3) is 0.227. The molecule has 0 unspecified atom stereocenters. The zero-order valence-electron chi connectivity index (χ0n) is 15.8. The minimum atomic E-state index is -0.180. The molecule has 6 heteroatoms. The maximum absolute atomic E-state index is 12.7. The molecule has 2 aromatic heterocycles. The Bertz CT molecular complexity index is 1050. The standard InChI is InChI=1S/C22H21N3O2S/c1-13-9-10-23-12-17(13)19-7-8-20(28-19)22(27)25-18-11-15(4-3-14(18)2)21(26)24-16-5-6-16/h3-4,7-12,16H,5-6H2,1-2H3,(H,24,26)(H,25,27). The first-order valence-electron chi connectivity index (χ1n) is 9.25. The van der Waals surface area contributed by atoms with Gasteiger partial charge in [0.25, 0.3) is 11.8 Å². The van der Waals surface area contributed by atoms with Gasteiger partial charge < -0.3 is 10.6 Å². The summed E-state index contributed by atoms with van der Waals surface area (Å²) in [5.74, 6) is -0.274. The number of pyridine rings is 1. The summed E-state index contributed by atoms with van der Waals surface area (Å²) in [5, 5.41) is 5.92. The number of aryl methyl sites for hydroxylation is 2. The van der Waals surface area contributed by atoms with E-state index in [-0.39, 0.29) is 11.8 Å². The van der Waals surface area contributed by atoms with E-state index < -0.39 is 0 Å². The second-order valence-corrected chi connectivity index (χ2v) is 8.17. The topological polar surface area (TPSA) is 71.1 Å². The summed E-state index contributed by atoms with van der Waals surface area (Å²) in [7, 11) is 0. The monoisotopic (exact) mass is 391 g/mol. The zero-order chi connectivity index (χ0) is 19.7. The highest BCUT2D eigenvalue weighted by Gasteiger charge is 2.24. The van der Waals surface area contributed by atoms with Crippen LogP contribution in [-0.4, -0.2) is 22.8 Å². The van der Waals surface area contributed by atoms with Crippen molar-refractivity contribution in [3.63, 3.8) is 0 Å². The van der Waals surface area contributed by atoms with E-state index in [1.54, 1.807) is 18.3 Å². The van der Waals surface area contributed by atoms with Crippen molar-refractivity contribution in [1.29, 1.82) is 0 Å².